The van der Waals surface area contributed by atoms with Gasteiger partial charge in [0.15, 0.2) is 9.84 Å². The zero-order chi connectivity index (χ0) is 18.7. The van der Waals surface area contributed by atoms with Gasteiger partial charge in [-0.3, -0.25) is 10.1 Å². The zero-order valence-electron chi connectivity index (χ0n) is 14.6. The fraction of sp³-hybridized carbons (Fsp3) is 0.368. The first-order chi connectivity index (χ1) is 12.3. The first-order valence-electron chi connectivity index (χ1n) is 8.61. The van der Waals surface area contributed by atoms with Gasteiger partial charge in [-0.05, 0) is 48.6 Å². The molecule has 1 aliphatic carbocycles. The molecule has 138 valence electrons. The molecular formula is C19H21NO5S. The second-order valence-electron chi connectivity index (χ2n) is 6.66. The van der Waals surface area contributed by atoms with E-state index in [-0.39, 0.29) is 16.3 Å². The quantitative estimate of drug-likeness (QED) is 0.551. The molecule has 6 nitrogen and oxygen atoms in total. The van der Waals surface area contributed by atoms with E-state index in [1.54, 1.807) is 12.1 Å². The van der Waals surface area contributed by atoms with Gasteiger partial charge in [0.05, 0.1) is 9.82 Å². The van der Waals surface area contributed by atoms with Crippen LogP contribution in [-0.2, 0) is 9.84 Å². The van der Waals surface area contributed by atoms with Crippen molar-refractivity contribution in [2.75, 3.05) is 6.26 Å². The van der Waals surface area contributed by atoms with Gasteiger partial charge in [-0.15, -0.1) is 0 Å². The summed E-state index contributed by atoms with van der Waals surface area (Å²) in [5.41, 5.74) is 0.892. The molecule has 0 unspecified atom stereocenters. The molecule has 0 radical (unpaired) electrons. The highest BCUT2D eigenvalue weighted by Crippen LogP contribution is 2.36. The van der Waals surface area contributed by atoms with E-state index in [0.717, 1.165) is 12.3 Å². The second-order valence-corrected chi connectivity index (χ2v) is 8.68. The van der Waals surface area contributed by atoms with Crippen LogP contribution >= 0.6 is 0 Å². The standard InChI is InChI=1S/C19H21NO5S/c1-26(23,24)17-11-12-19(18(13-17)20(21)22)25-16-9-7-15(8-10-16)14-5-3-2-4-6-14/h7-14H,2-6H2,1H3. The van der Waals surface area contributed by atoms with Crippen LogP contribution in [0.1, 0.15) is 43.6 Å². The Kier molecular flexibility index (Phi) is 5.27. The van der Waals surface area contributed by atoms with E-state index in [2.05, 4.69) is 0 Å². The fourth-order valence-electron chi connectivity index (χ4n) is 3.33. The molecule has 7 heteroatoms. The van der Waals surface area contributed by atoms with Gasteiger partial charge in [0.1, 0.15) is 5.75 Å². The highest BCUT2D eigenvalue weighted by molar-refractivity contribution is 7.90. The van der Waals surface area contributed by atoms with Crippen molar-refractivity contribution >= 4 is 15.5 Å². The largest absolute Gasteiger partial charge is 0.450 e. The van der Waals surface area contributed by atoms with Gasteiger partial charge in [-0.25, -0.2) is 8.42 Å². The van der Waals surface area contributed by atoms with Gasteiger partial charge in [0.25, 0.3) is 0 Å². The van der Waals surface area contributed by atoms with Crippen molar-refractivity contribution in [3.05, 3.63) is 58.1 Å². The summed E-state index contributed by atoms with van der Waals surface area (Å²) >= 11 is 0. The molecule has 0 heterocycles. The summed E-state index contributed by atoms with van der Waals surface area (Å²) in [6.45, 7) is 0. The molecule has 0 aromatic heterocycles. The predicted molar refractivity (Wildman–Crippen MR) is 98.5 cm³/mol. The molecule has 26 heavy (non-hydrogen) atoms. The van der Waals surface area contributed by atoms with E-state index in [1.165, 1.54) is 49.8 Å². The van der Waals surface area contributed by atoms with Crippen molar-refractivity contribution in [1.82, 2.24) is 0 Å². The summed E-state index contributed by atoms with van der Waals surface area (Å²) in [6, 6.07) is 11.3. The Morgan fingerprint density at radius 2 is 1.69 bits per heavy atom. The van der Waals surface area contributed by atoms with Crippen LogP contribution in [0.4, 0.5) is 5.69 Å². The lowest BCUT2D eigenvalue weighted by molar-refractivity contribution is -0.385. The van der Waals surface area contributed by atoms with Gasteiger partial charge in [-0.2, -0.15) is 0 Å². The normalized spacial score (nSPS) is 15.6. The van der Waals surface area contributed by atoms with Gasteiger partial charge >= 0.3 is 5.69 Å². The van der Waals surface area contributed by atoms with Crippen LogP contribution < -0.4 is 4.74 Å². The number of nitro groups is 1. The van der Waals surface area contributed by atoms with Crippen molar-refractivity contribution in [2.45, 2.75) is 42.9 Å². The van der Waals surface area contributed by atoms with E-state index in [9.17, 15) is 18.5 Å². The lowest BCUT2D eigenvalue weighted by atomic mass is 9.84. The number of hydrogen-bond donors (Lipinski definition) is 0. The minimum Gasteiger partial charge on any atom is -0.450 e. The summed E-state index contributed by atoms with van der Waals surface area (Å²) in [5, 5.41) is 11.3. The van der Waals surface area contributed by atoms with Crippen molar-refractivity contribution in [3.63, 3.8) is 0 Å². The topological polar surface area (TPSA) is 86.5 Å². The maximum atomic E-state index is 11.6. The summed E-state index contributed by atoms with van der Waals surface area (Å²) in [4.78, 5) is 10.5. The molecule has 0 bridgehead atoms. The Labute approximate surface area is 152 Å². The van der Waals surface area contributed by atoms with Crippen LogP contribution in [0.15, 0.2) is 47.4 Å². The van der Waals surface area contributed by atoms with E-state index in [0.29, 0.717) is 11.7 Å². The summed E-state index contributed by atoms with van der Waals surface area (Å²) in [5.74, 6) is 1.08. The maximum Gasteiger partial charge on any atom is 0.312 e. The third kappa shape index (κ3) is 4.22. The lowest BCUT2D eigenvalue weighted by Gasteiger charge is -2.22. The van der Waals surface area contributed by atoms with Crippen molar-refractivity contribution in [3.8, 4) is 11.5 Å². The number of nitrogens with zero attached hydrogens (tertiary/aromatic N) is 1. The van der Waals surface area contributed by atoms with Gasteiger partial charge < -0.3 is 4.74 Å². The van der Waals surface area contributed by atoms with E-state index in [4.69, 9.17) is 4.74 Å². The second kappa shape index (κ2) is 7.45. The average Bonchev–Trinajstić information content (AvgIpc) is 2.62. The molecule has 2 aromatic rings. The molecular weight excluding hydrogens is 354 g/mol. The highest BCUT2D eigenvalue weighted by atomic mass is 32.2. The van der Waals surface area contributed by atoms with Crippen LogP contribution in [0.25, 0.3) is 0 Å². The number of benzene rings is 2. The van der Waals surface area contributed by atoms with Crippen molar-refractivity contribution in [2.24, 2.45) is 0 Å². The first-order valence-corrected chi connectivity index (χ1v) is 10.5. The Balaban J connectivity index is 1.83. The van der Waals surface area contributed by atoms with Gasteiger partial charge in [0.2, 0.25) is 5.75 Å². The third-order valence-electron chi connectivity index (χ3n) is 4.74. The van der Waals surface area contributed by atoms with Gasteiger partial charge in [0, 0.05) is 12.3 Å². The van der Waals surface area contributed by atoms with E-state index < -0.39 is 14.8 Å². The molecule has 0 spiro atoms. The van der Waals surface area contributed by atoms with E-state index in [1.807, 2.05) is 12.1 Å². The Morgan fingerprint density at radius 3 is 2.27 bits per heavy atom. The van der Waals surface area contributed by atoms with Crippen LogP contribution in [0.5, 0.6) is 11.5 Å². The molecule has 3 rings (SSSR count). The smallest absolute Gasteiger partial charge is 0.312 e. The first kappa shape index (κ1) is 18.4. The molecule has 2 aromatic carbocycles. The Morgan fingerprint density at radius 1 is 1.04 bits per heavy atom. The predicted octanol–water partition coefficient (Wildman–Crippen LogP) is 4.84. The number of hydrogen-bond acceptors (Lipinski definition) is 5. The van der Waals surface area contributed by atoms with Crippen LogP contribution in [0.3, 0.4) is 0 Å². The van der Waals surface area contributed by atoms with Gasteiger partial charge in [-0.1, -0.05) is 31.4 Å². The average molecular weight is 375 g/mol. The number of rotatable bonds is 5. The summed E-state index contributed by atoms with van der Waals surface area (Å²) in [6.07, 6.45) is 7.20. The summed E-state index contributed by atoms with van der Waals surface area (Å²) in [7, 11) is -3.53. The zero-order valence-corrected chi connectivity index (χ0v) is 15.4. The van der Waals surface area contributed by atoms with Crippen LogP contribution in [0, 0.1) is 10.1 Å². The monoisotopic (exact) mass is 375 g/mol. The lowest BCUT2D eigenvalue weighted by Crippen LogP contribution is -2.04. The number of nitro benzene ring substituents is 1. The van der Waals surface area contributed by atoms with Crippen molar-refractivity contribution < 1.29 is 18.1 Å². The molecule has 0 saturated heterocycles. The maximum absolute atomic E-state index is 11.6. The minimum absolute atomic E-state index is 0.0211. The van der Waals surface area contributed by atoms with Crippen LogP contribution in [-0.4, -0.2) is 19.6 Å². The fourth-order valence-corrected chi connectivity index (χ4v) is 3.97. The summed E-state index contributed by atoms with van der Waals surface area (Å²) < 4.78 is 28.8. The molecule has 1 fully saturated rings. The number of ether oxygens (including phenoxy) is 1. The molecule has 0 atom stereocenters. The Hall–Kier alpha value is -2.41. The molecule has 1 aliphatic rings. The third-order valence-corrected chi connectivity index (χ3v) is 5.85. The van der Waals surface area contributed by atoms with Crippen LogP contribution in [0.2, 0.25) is 0 Å². The number of sulfone groups is 1. The van der Waals surface area contributed by atoms with Crippen molar-refractivity contribution in [1.29, 1.82) is 0 Å². The molecule has 0 aliphatic heterocycles. The molecule has 0 amide bonds. The minimum atomic E-state index is -3.53. The Bertz CT molecular complexity index is 900. The van der Waals surface area contributed by atoms with E-state index >= 15 is 0 Å². The SMILES string of the molecule is CS(=O)(=O)c1ccc(Oc2ccc(C3CCCCC3)cc2)c([N+](=O)[O-])c1. The highest BCUT2D eigenvalue weighted by Gasteiger charge is 2.21. The molecule has 1 saturated carbocycles. The molecule has 0 N–H and O–H groups in total.